The van der Waals surface area contributed by atoms with Crippen molar-refractivity contribution in [2.24, 2.45) is 5.41 Å². The van der Waals surface area contributed by atoms with Gasteiger partial charge in [-0.2, -0.15) is 0 Å². The molecule has 1 unspecified atom stereocenters. The zero-order valence-electron chi connectivity index (χ0n) is 17.9. The number of amides is 2. The first kappa shape index (κ1) is 20.1. The van der Waals surface area contributed by atoms with Gasteiger partial charge in [-0.05, 0) is 17.2 Å². The third-order valence-corrected chi connectivity index (χ3v) is 6.33. The molecule has 32 heavy (non-hydrogen) atoms. The molecule has 1 N–H and O–H groups in total. The van der Waals surface area contributed by atoms with E-state index in [1.807, 2.05) is 53.4 Å². The van der Waals surface area contributed by atoms with Crippen molar-refractivity contribution in [2.75, 3.05) is 19.6 Å². The fraction of sp³-hybridized carbons (Fsp3) is 0.231. The van der Waals surface area contributed by atoms with Gasteiger partial charge in [0.15, 0.2) is 0 Å². The minimum Gasteiger partial charge on any atom is -0.351 e. The Morgan fingerprint density at radius 2 is 1.50 bits per heavy atom. The van der Waals surface area contributed by atoms with Crippen LogP contribution in [0.1, 0.15) is 34.1 Å². The van der Waals surface area contributed by atoms with E-state index in [-0.39, 0.29) is 17.2 Å². The molecule has 4 aromatic rings. The minimum atomic E-state index is -0.193. The van der Waals surface area contributed by atoms with Crippen molar-refractivity contribution >= 4 is 33.4 Å². The molecule has 1 aliphatic rings. The second kappa shape index (κ2) is 8.04. The van der Waals surface area contributed by atoms with Crippen LogP contribution in [0.5, 0.6) is 0 Å². The van der Waals surface area contributed by atoms with Crippen LogP contribution in [0, 0.1) is 5.41 Å². The van der Waals surface area contributed by atoms with Crippen LogP contribution in [-0.4, -0.2) is 46.3 Å². The summed E-state index contributed by atoms with van der Waals surface area (Å²) in [7, 11) is 0. The normalized spacial score (nSPS) is 18.2. The van der Waals surface area contributed by atoms with Crippen molar-refractivity contribution < 1.29 is 9.59 Å². The molecular weight excluding hydrogens is 400 g/mol. The summed E-state index contributed by atoms with van der Waals surface area (Å²) in [4.78, 5) is 36.5. The molecule has 0 aliphatic carbocycles. The topological polar surface area (TPSA) is 75.2 Å². The maximum Gasteiger partial charge on any atom is 0.256 e. The van der Waals surface area contributed by atoms with Gasteiger partial charge in [0.05, 0.1) is 11.1 Å². The number of hydrogen-bond donors (Lipinski definition) is 1. The number of nitrogens with one attached hydrogen (secondary N) is 1. The van der Waals surface area contributed by atoms with Crippen molar-refractivity contribution in [3.63, 3.8) is 0 Å². The highest BCUT2D eigenvalue weighted by Gasteiger charge is 2.37. The first-order chi connectivity index (χ1) is 15.5. The van der Waals surface area contributed by atoms with Crippen LogP contribution in [-0.2, 0) is 0 Å². The Morgan fingerprint density at radius 1 is 0.906 bits per heavy atom. The lowest BCUT2D eigenvalue weighted by atomic mass is 9.89. The van der Waals surface area contributed by atoms with Gasteiger partial charge < -0.3 is 10.2 Å². The predicted molar refractivity (Wildman–Crippen MR) is 124 cm³/mol. The van der Waals surface area contributed by atoms with Crippen molar-refractivity contribution in [2.45, 2.75) is 13.3 Å². The van der Waals surface area contributed by atoms with E-state index in [1.54, 1.807) is 24.8 Å². The van der Waals surface area contributed by atoms with Crippen LogP contribution >= 0.6 is 0 Å². The first-order valence-electron chi connectivity index (χ1n) is 10.8. The van der Waals surface area contributed by atoms with Crippen LogP contribution in [0.25, 0.3) is 21.5 Å². The van der Waals surface area contributed by atoms with Crippen molar-refractivity contribution in [3.8, 4) is 0 Å². The van der Waals surface area contributed by atoms with Crippen LogP contribution in [0.4, 0.5) is 0 Å². The summed E-state index contributed by atoms with van der Waals surface area (Å²) < 4.78 is 0. The molecule has 1 saturated heterocycles. The van der Waals surface area contributed by atoms with Gasteiger partial charge in [0.2, 0.25) is 0 Å². The van der Waals surface area contributed by atoms with Crippen molar-refractivity contribution in [3.05, 3.63) is 84.4 Å². The smallest absolute Gasteiger partial charge is 0.256 e. The number of rotatable bonds is 4. The quantitative estimate of drug-likeness (QED) is 0.536. The van der Waals surface area contributed by atoms with Crippen LogP contribution in [0.15, 0.2) is 73.3 Å². The fourth-order valence-electron chi connectivity index (χ4n) is 4.49. The molecule has 0 spiro atoms. The molecule has 2 aromatic carbocycles. The third-order valence-electron chi connectivity index (χ3n) is 6.33. The lowest BCUT2D eigenvalue weighted by Crippen LogP contribution is -2.39. The third kappa shape index (κ3) is 3.68. The molecule has 0 radical (unpaired) electrons. The minimum absolute atomic E-state index is 0.0115. The maximum atomic E-state index is 13.2. The Labute approximate surface area is 186 Å². The lowest BCUT2D eigenvalue weighted by Gasteiger charge is -2.25. The molecule has 5 rings (SSSR count). The molecule has 1 atom stereocenters. The molecule has 2 aromatic heterocycles. The van der Waals surface area contributed by atoms with Gasteiger partial charge >= 0.3 is 0 Å². The number of benzene rings is 2. The number of likely N-dealkylation sites (tertiary alicyclic amines) is 1. The maximum absolute atomic E-state index is 13.2. The highest BCUT2D eigenvalue weighted by atomic mass is 16.2. The summed E-state index contributed by atoms with van der Waals surface area (Å²) in [6.07, 6.45) is 7.62. The number of pyridine rings is 2. The van der Waals surface area contributed by atoms with Gasteiger partial charge in [0.25, 0.3) is 11.8 Å². The standard InChI is InChI=1S/C26H24N4O2/c1-26(16-29-24(31)22-14-27-12-18-6-2-4-8-20(18)22)10-11-30(17-26)25(32)23-15-28-13-19-7-3-5-9-21(19)23/h2-9,12-15H,10-11,16-17H2,1H3,(H,29,31). The van der Waals surface area contributed by atoms with E-state index < -0.39 is 0 Å². The number of hydrogen-bond acceptors (Lipinski definition) is 4. The second-order valence-corrected chi connectivity index (χ2v) is 8.79. The SMILES string of the molecule is CC1(CNC(=O)c2cncc3ccccc23)CCN(C(=O)c2cncc3ccccc23)C1. The highest BCUT2D eigenvalue weighted by molar-refractivity contribution is 6.07. The van der Waals surface area contributed by atoms with Crippen LogP contribution < -0.4 is 5.32 Å². The van der Waals surface area contributed by atoms with Gasteiger partial charge in [-0.25, -0.2) is 0 Å². The first-order valence-corrected chi connectivity index (χ1v) is 10.8. The molecular formula is C26H24N4O2. The fourth-order valence-corrected chi connectivity index (χ4v) is 4.49. The molecule has 6 heteroatoms. The monoisotopic (exact) mass is 424 g/mol. The molecule has 1 fully saturated rings. The van der Waals surface area contributed by atoms with E-state index in [2.05, 4.69) is 22.2 Å². The Balaban J connectivity index is 1.29. The largest absolute Gasteiger partial charge is 0.351 e. The van der Waals surface area contributed by atoms with Crippen LogP contribution in [0.3, 0.4) is 0 Å². The zero-order valence-corrected chi connectivity index (χ0v) is 17.9. The number of carbonyl (C=O) groups excluding carboxylic acids is 2. The van der Waals surface area contributed by atoms with Crippen molar-refractivity contribution in [1.29, 1.82) is 0 Å². The molecule has 160 valence electrons. The summed E-state index contributed by atoms with van der Waals surface area (Å²) in [6.45, 7) is 3.85. The highest BCUT2D eigenvalue weighted by Crippen LogP contribution is 2.31. The van der Waals surface area contributed by atoms with Gasteiger partial charge in [-0.3, -0.25) is 19.6 Å². The Morgan fingerprint density at radius 3 is 2.19 bits per heavy atom. The van der Waals surface area contributed by atoms with E-state index in [1.165, 1.54) is 0 Å². The Bertz CT molecular complexity index is 1330. The molecule has 6 nitrogen and oxygen atoms in total. The van der Waals surface area contributed by atoms with E-state index in [9.17, 15) is 9.59 Å². The van der Waals surface area contributed by atoms with E-state index >= 15 is 0 Å². The lowest BCUT2D eigenvalue weighted by molar-refractivity contribution is 0.0776. The Hall–Kier alpha value is -3.80. The van der Waals surface area contributed by atoms with Gasteiger partial charge in [0.1, 0.15) is 0 Å². The molecule has 0 bridgehead atoms. The Kier molecular flexibility index (Phi) is 5.05. The molecule has 1 aliphatic heterocycles. The number of fused-ring (bicyclic) bond motifs is 2. The summed E-state index contributed by atoms with van der Waals surface area (Å²) >= 11 is 0. The van der Waals surface area contributed by atoms with E-state index in [0.717, 1.165) is 28.0 Å². The number of aromatic nitrogens is 2. The number of carbonyl (C=O) groups is 2. The average molecular weight is 425 g/mol. The predicted octanol–water partition coefficient (Wildman–Crippen LogP) is 4.07. The summed E-state index contributed by atoms with van der Waals surface area (Å²) in [5.41, 5.74) is 0.999. The van der Waals surface area contributed by atoms with Crippen molar-refractivity contribution in [1.82, 2.24) is 20.2 Å². The van der Waals surface area contributed by atoms with Crippen LogP contribution in [0.2, 0.25) is 0 Å². The molecule has 0 saturated carbocycles. The summed E-state index contributed by atoms with van der Waals surface area (Å²) in [5.74, 6) is -0.152. The van der Waals surface area contributed by atoms with Gasteiger partial charge in [0, 0.05) is 60.6 Å². The zero-order chi connectivity index (χ0) is 22.1. The van der Waals surface area contributed by atoms with Gasteiger partial charge in [-0.15, -0.1) is 0 Å². The second-order valence-electron chi connectivity index (χ2n) is 8.79. The average Bonchev–Trinajstić information content (AvgIpc) is 3.23. The van der Waals surface area contributed by atoms with E-state index in [0.29, 0.717) is 30.8 Å². The van der Waals surface area contributed by atoms with Gasteiger partial charge in [-0.1, -0.05) is 55.5 Å². The molecule has 2 amide bonds. The summed E-state index contributed by atoms with van der Waals surface area (Å²) in [5, 5.41) is 6.77. The van der Waals surface area contributed by atoms with E-state index in [4.69, 9.17) is 0 Å². The summed E-state index contributed by atoms with van der Waals surface area (Å²) in [6, 6.07) is 15.5. The molecule has 3 heterocycles. The number of nitrogens with zero attached hydrogens (tertiary/aromatic N) is 3.